The number of benzene rings is 2. The fourth-order valence-corrected chi connectivity index (χ4v) is 4.40. The van der Waals surface area contributed by atoms with Crippen molar-refractivity contribution < 1.29 is 9.84 Å². The summed E-state index contributed by atoms with van der Waals surface area (Å²) in [6.45, 7) is 12.7. The molecule has 4 aromatic rings. The zero-order valence-electron chi connectivity index (χ0n) is 21.0. The zero-order valence-corrected chi connectivity index (χ0v) is 21.0. The first-order valence-corrected chi connectivity index (χ1v) is 11.4. The van der Waals surface area contributed by atoms with Crippen molar-refractivity contribution in [3.05, 3.63) is 58.9 Å². The highest BCUT2D eigenvalue weighted by Crippen LogP contribution is 2.34. The van der Waals surface area contributed by atoms with E-state index in [0.717, 1.165) is 22.3 Å². The van der Waals surface area contributed by atoms with Gasteiger partial charge >= 0.3 is 0 Å². The molecule has 5 heteroatoms. The summed E-state index contributed by atoms with van der Waals surface area (Å²) in [6.07, 6.45) is 4.21. The zero-order chi connectivity index (χ0) is 24.4. The number of phenols is 1. The fourth-order valence-electron chi connectivity index (χ4n) is 4.40. The Bertz CT molecular complexity index is 1330. The van der Waals surface area contributed by atoms with Crippen LogP contribution in [0, 0.1) is 25.2 Å². The molecule has 2 aromatic heterocycles. The van der Waals surface area contributed by atoms with Gasteiger partial charge in [-0.1, -0.05) is 27.7 Å². The minimum absolute atomic E-state index is 0.0944. The third-order valence-corrected chi connectivity index (χ3v) is 6.19. The highest BCUT2D eigenvalue weighted by atomic mass is 16.5. The minimum Gasteiger partial charge on any atom is -0.508 e. The van der Waals surface area contributed by atoms with E-state index in [0.29, 0.717) is 17.6 Å². The molecule has 4 rings (SSSR count). The first kappa shape index (κ1) is 24.3. The average Bonchev–Trinajstić information content (AvgIpc) is 3.19. The lowest BCUT2D eigenvalue weighted by atomic mass is 10.00. The molecule has 1 N–H and O–H groups in total. The molecular weight excluding hydrogens is 410 g/mol. The number of aryl methyl sites for hydroxylation is 4. The van der Waals surface area contributed by atoms with Crippen LogP contribution in [0.5, 0.6) is 11.5 Å². The quantitative estimate of drug-likeness (QED) is 0.374. The molecule has 0 aliphatic rings. The molecular formula is C28H35N3O2. The van der Waals surface area contributed by atoms with Gasteiger partial charge in [0, 0.05) is 48.3 Å². The second-order valence-corrected chi connectivity index (χ2v) is 9.44. The van der Waals surface area contributed by atoms with Gasteiger partial charge in [0.15, 0.2) is 6.61 Å². The molecule has 0 aliphatic heterocycles. The number of nitriles is 1. The van der Waals surface area contributed by atoms with Gasteiger partial charge < -0.3 is 19.0 Å². The summed E-state index contributed by atoms with van der Waals surface area (Å²) in [5.41, 5.74) is 7.00. The van der Waals surface area contributed by atoms with Crippen molar-refractivity contribution in [2.75, 3.05) is 6.61 Å². The maximum absolute atomic E-state index is 9.90. The molecule has 0 radical (unpaired) electrons. The molecule has 174 valence electrons. The van der Waals surface area contributed by atoms with Gasteiger partial charge in [-0.15, -0.1) is 0 Å². The minimum atomic E-state index is 0.0944. The van der Waals surface area contributed by atoms with Crippen LogP contribution in [0.4, 0.5) is 0 Å². The number of phenolic OH excluding ortho intramolecular Hbond substituents is 1. The van der Waals surface area contributed by atoms with Gasteiger partial charge in [-0.3, -0.25) is 0 Å². The number of nitrogens with zero attached hydrogens (tertiary/aromatic N) is 3. The van der Waals surface area contributed by atoms with E-state index in [9.17, 15) is 5.11 Å². The first-order valence-electron chi connectivity index (χ1n) is 11.4. The lowest BCUT2D eigenvalue weighted by molar-refractivity contribution is 0.363. The van der Waals surface area contributed by atoms with Crippen LogP contribution in [-0.2, 0) is 14.1 Å². The maximum Gasteiger partial charge on any atom is 0.174 e. The number of rotatable bonds is 4. The van der Waals surface area contributed by atoms with Gasteiger partial charge in [0.25, 0.3) is 0 Å². The van der Waals surface area contributed by atoms with Crippen molar-refractivity contribution in [3.63, 3.8) is 0 Å². The van der Waals surface area contributed by atoms with Crippen LogP contribution in [-0.4, -0.2) is 20.8 Å². The number of ether oxygens (including phenoxy) is 1. The Kier molecular flexibility index (Phi) is 7.07. The molecule has 33 heavy (non-hydrogen) atoms. The van der Waals surface area contributed by atoms with Crippen LogP contribution in [0.15, 0.2) is 36.7 Å². The predicted molar refractivity (Wildman–Crippen MR) is 136 cm³/mol. The van der Waals surface area contributed by atoms with Gasteiger partial charge in [-0.25, -0.2) is 0 Å². The molecule has 0 saturated carbocycles. The molecule has 0 atom stereocenters. The summed E-state index contributed by atoms with van der Waals surface area (Å²) in [5, 5.41) is 20.9. The van der Waals surface area contributed by atoms with Gasteiger partial charge in [0.2, 0.25) is 0 Å². The first-order chi connectivity index (χ1) is 15.5. The summed E-state index contributed by atoms with van der Waals surface area (Å²) >= 11 is 0. The van der Waals surface area contributed by atoms with E-state index < -0.39 is 0 Å². The molecule has 2 heterocycles. The molecule has 0 unspecified atom stereocenters. The Morgan fingerprint density at radius 2 is 1.33 bits per heavy atom. The van der Waals surface area contributed by atoms with E-state index in [4.69, 9.17) is 10.00 Å². The van der Waals surface area contributed by atoms with Gasteiger partial charge in [-0.05, 0) is 72.2 Å². The van der Waals surface area contributed by atoms with E-state index in [1.807, 2.05) is 19.2 Å². The van der Waals surface area contributed by atoms with Crippen LogP contribution < -0.4 is 4.74 Å². The summed E-state index contributed by atoms with van der Waals surface area (Å²) in [6, 6.07) is 10.2. The lowest BCUT2D eigenvalue weighted by Gasteiger charge is -2.13. The molecule has 5 nitrogen and oxygen atoms in total. The number of aromatic hydroxyl groups is 1. The summed E-state index contributed by atoms with van der Waals surface area (Å²) in [7, 11) is 4.09. The monoisotopic (exact) mass is 445 g/mol. The van der Waals surface area contributed by atoms with E-state index in [1.54, 1.807) is 0 Å². The van der Waals surface area contributed by atoms with E-state index in [1.165, 1.54) is 27.5 Å². The van der Waals surface area contributed by atoms with E-state index >= 15 is 0 Å². The molecule has 0 fully saturated rings. The van der Waals surface area contributed by atoms with Crippen molar-refractivity contribution in [2.24, 2.45) is 14.1 Å². The SMILES string of the molecule is Cc1cn(C)c2cc(C(C)C)c(O)cc12.Cc1cn(C)c2cc(C(C)C)c(OCC#N)cc12. The molecule has 0 saturated heterocycles. The van der Waals surface area contributed by atoms with Crippen molar-refractivity contribution in [2.45, 2.75) is 53.4 Å². The Morgan fingerprint density at radius 1 is 0.848 bits per heavy atom. The van der Waals surface area contributed by atoms with Crippen LogP contribution in [0.25, 0.3) is 21.8 Å². The Morgan fingerprint density at radius 3 is 1.82 bits per heavy atom. The second-order valence-electron chi connectivity index (χ2n) is 9.44. The second kappa shape index (κ2) is 9.62. The molecule has 2 aromatic carbocycles. The lowest BCUT2D eigenvalue weighted by Crippen LogP contribution is -2.00. The Hall–Kier alpha value is -3.39. The Labute approximate surface area is 196 Å². The van der Waals surface area contributed by atoms with Gasteiger partial charge in [0.1, 0.15) is 17.6 Å². The van der Waals surface area contributed by atoms with Crippen LogP contribution in [0.2, 0.25) is 0 Å². The molecule has 0 bridgehead atoms. The number of hydrogen-bond acceptors (Lipinski definition) is 3. The van der Waals surface area contributed by atoms with E-state index in [-0.39, 0.29) is 6.61 Å². The predicted octanol–water partition coefficient (Wildman–Crippen LogP) is 6.83. The topological polar surface area (TPSA) is 63.1 Å². The van der Waals surface area contributed by atoms with Crippen molar-refractivity contribution in [1.82, 2.24) is 9.13 Å². The van der Waals surface area contributed by atoms with Gasteiger partial charge in [0.05, 0.1) is 0 Å². The standard InChI is InChI=1S/C15H18N2O.C13H17NO/c1-10(2)12-7-14-13(11(3)9-17(14)4)8-15(12)18-6-5-16;1-8(2)10-5-12-11(6-13(10)15)9(3)7-14(12)4/h7-10H,6H2,1-4H3;5-8,15H,1-4H3. The molecule has 0 aliphatic carbocycles. The average molecular weight is 446 g/mol. The van der Waals surface area contributed by atoms with Crippen LogP contribution in [0.3, 0.4) is 0 Å². The Balaban J connectivity index is 0.000000189. The highest BCUT2D eigenvalue weighted by Gasteiger charge is 2.13. The number of aromatic nitrogens is 2. The van der Waals surface area contributed by atoms with Crippen molar-refractivity contribution in [1.29, 1.82) is 5.26 Å². The summed E-state index contributed by atoms with van der Waals surface area (Å²) < 4.78 is 9.79. The summed E-state index contributed by atoms with van der Waals surface area (Å²) in [5.74, 6) is 1.96. The van der Waals surface area contributed by atoms with Crippen LogP contribution >= 0.6 is 0 Å². The van der Waals surface area contributed by atoms with Crippen molar-refractivity contribution in [3.8, 4) is 17.6 Å². The van der Waals surface area contributed by atoms with Crippen molar-refractivity contribution >= 4 is 21.8 Å². The maximum atomic E-state index is 9.90. The summed E-state index contributed by atoms with van der Waals surface area (Å²) in [4.78, 5) is 0. The third kappa shape index (κ3) is 4.85. The smallest absolute Gasteiger partial charge is 0.174 e. The van der Waals surface area contributed by atoms with E-state index in [2.05, 4.69) is 88.3 Å². The largest absolute Gasteiger partial charge is 0.508 e. The third-order valence-electron chi connectivity index (χ3n) is 6.19. The number of fused-ring (bicyclic) bond motifs is 2. The number of hydrogen-bond donors (Lipinski definition) is 1. The van der Waals surface area contributed by atoms with Gasteiger partial charge in [-0.2, -0.15) is 5.26 Å². The molecule has 0 spiro atoms. The molecule has 0 amide bonds. The van der Waals surface area contributed by atoms with Crippen LogP contribution in [0.1, 0.15) is 61.8 Å². The fraction of sp³-hybridized carbons (Fsp3) is 0.393. The normalized spacial score (nSPS) is 11.2. The highest BCUT2D eigenvalue weighted by molar-refractivity contribution is 5.87.